The molecule has 0 aromatic heterocycles. The zero-order chi connectivity index (χ0) is 29.4. The van der Waals surface area contributed by atoms with E-state index in [1.54, 1.807) is 25.1 Å². The quantitative estimate of drug-likeness (QED) is 0.295. The number of nitrogens with zero attached hydrogens (tertiary/aromatic N) is 2. The van der Waals surface area contributed by atoms with Crippen LogP contribution in [0.3, 0.4) is 0 Å². The van der Waals surface area contributed by atoms with Crippen molar-refractivity contribution in [2.24, 2.45) is 5.92 Å². The molecule has 3 rings (SSSR count). The molecule has 214 valence electrons. The molecule has 7 nitrogen and oxygen atoms in total. The molecule has 0 heterocycles. The van der Waals surface area contributed by atoms with Gasteiger partial charge in [0.2, 0.25) is 11.8 Å². The number of benzene rings is 3. The maximum absolute atomic E-state index is 14.1. The number of hydrogen-bond acceptors (Lipinski definition) is 4. The summed E-state index contributed by atoms with van der Waals surface area (Å²) < 4.78 is 29.0. The van der Waals surface area contributed by atoms with Crippen LogP contribution in [0.2, 0.25) is 5.02 Å². The van der Waals surface area contributed by atoms with E-state index in [1.165, 1.54) is 29.2 Å². The van der Waals surface area contributed by atoms with E-state index in [9.17, 15) is 18.0 Å². The number of halogens is 1. The predicted octanol–water partition coefficient (Wildman–Crippen LogP) is 5.73. The van der Waals surface area contributed by atoms with Gasteiger partial charge in [0.25, 0.3) is 10.0 Å². The third-order valence-corrected chi connectivity index (χ3v) is 8.60. The maximum Gasteiger partial charge on any atom is 0.264 e. The van der Waals surface area contributed by atoms with Crippen LogP contribution in [0.15, 0.2) is 77.7 Å². The fourth-order valence-corrected chi connectivity index (χ4v) is 6.04. The fourth-order valence-electron chi connectivity index (χ4n) is 4.44. The zero-order valence-electron chi connectivity index (χ0n) is 23.7. The summed E-state index contributed by atoms with van der Waals surface area (Å²) in [7, 11) is -4.15. The monoisotopic (exact) mass is 583 g/mol. The molecule has 3 aromatic rings. The Balaban J connectivity index is 2.06. The van der Waals surface area contributed by atoms with E-state index in [2.05, 4.69) is 5.32 Å². The highest BCUT2D eigenvalue weighted by molar-refractivity contribution is 7.92. The van der Waals surface area contributed by atoms with Crippen molar-refractivity contribution in [3.8, 4) is 0 Å². The molecule has 3 aromatic carbocycles. The molecule has 1 N–H and O–H groups in total. The van der Waals surface area contributed by atoms with Gasteiger partial charge in [-0.25, -0.2) is 8.42 Å². The third-order valence-electron chi connectivity index (χ3n) is 6.57. The lowest BCUT2D eigenvalue weighted by atomic mass is 10.1. The topological polar surface area (TPSA) is 86.8 Å². The van der Waals surface area contributed by atoms with Crippen LogP contribution >= 0.6 is 11.6 Å². The van der Waals surface area contributed by atoms with Crippen LogP contribution < -0.4 is 9.62 Å². The van der Waals surface area contributed by atoms with E-state index in [-0.39, 0.29) is 23.3 Å². The molecule has 0 spiro atoms. The Bertz CT molecular complexity index is 1420. The van der Waals surface area contributed by atoms with Gasteiger partial charge in [0.05, 0.1) is 10.6 Å². The minimum atomic E-state index is -4.15. The van der Waals surface area contributed by atoms with E-state index in [0.29, 0.717) is 29.2 Å². The number of rotatable bonds is 12. The number of para-hydroxylation sites is 1. The fraction of sp³-hybridized carbons (Fsp3) is 0.355. The summed E-state index contributed by atoms with van der Waals surface area (Å²) in [5, 5.41) is 3.35. The number of nitrogens with one attached hydrogen (secondary N) is 1. The van der Waals surface area contributed by atoms with Gasteiger partial charge in [-0.05, 0) is 67.6 Å². The van der Waals surface area contributed by atoms with Crippen molar-refractivity contribution >= 4 is 39.1 Å². The van der Waals surface area contributed by atoms with Crippen molar-refractivity contribution in [1.29, 1.82) is 0 Å². The minimum absolute atomic E-state index is 0.0138. The van der Waals surface area contributed by atoms with Gasteiger partial charge in [0.15, 0.2) is 0 Å². The van der Waals surface area contributed by atoms with E-state index in [1.807, 2.05) is 58.0 Å². The van der Waals surface area contributed by atoms with Gasteiger partial charge in [-0.3, -0.25) is 13.9 Å². The lowest BCUT2D eigenvalue weighted by Gasteiger charge is -2.33. The number of sulfonamides is 1. The molecule has 0 unspecified atom stereocenters. The third kappa shape index (κ3) is 7.86. The van der Waals surface area contributed by atoms with Crippen LogP contribution in [0.25, 0.3) is 0 Å². The SMILES string of the molecule is CC[C@@H](C(=O)NCC(C)C)N(Cc1cccc(C)c1)C(=O)CN(c1ccccc1C)S(=O)(=O)c1ccc(Cl)cc1. The van der Waals surface area contributed by atoms with Gasteiger partial charge >= 0.3 is 0 Å². The molecule has 0 saturated carbocycles. The molecule has 0 aliphatic heterocycles. The van der Waals surface area contributed by atoms with Crippen molar-refractivity contribution in [3.05, 3.63) is 94.5 Å². The van der Waals surface area contributed by atoms with Crippen LogP contribution in [0.4, 0.5) is 5.69 Å². The van der Waals surface area contributed by atoms with E-state index in [0.717, 1.165) is 15.4 Å². The first kappa shape index (κ1) is 31.2. The Kier molecular flexibility index (Phi) is 10.8. The lowest BCUT2D eigenvalue weighted by Crippen LogP contribution is -2.52. The summed E-state index contributed by atoms with van der Waals surface area (Å²) in [6.07, 6.45) is 0.371. The smallest absolute Gasteiger partial charge is 0.264 e. The number of amides is 2. The van der Waals surface area contributed by atoms with Crippen molar-refractivity contribution in [2.45, 2.75) is 58.5 Å². The van der Waals surface area contributed by atoms with Crippen LogP contribution in [0.5, 0.6) is 0 Å². The van der Waals surface area contributed by atoms with Crippen molar-refractivity contribution in [3.63, 3.8) is 0 Å². The molecule has 0 fully saturated rings. The van der Waals surface area contributed by atoms with Gasteiger partial charge < -0.3 is 10.2 Å². The van der Waals surface area contributed by atoms with Crippen molar-refractivity contribution < 1.29 is 18.0 Å². The normalized spacial score (nSPS) is 12.2. The molecule has 2 amide bonds. The standard InChI is InChI=1S/C31H38ClN3O4S/c1-6-28(31(37)33-19-22(2)3)34(20-25-12-9-10-23(4)18-25)30(36)21-35(29-13-8-7-11-24(29)5)40(38,39)27-16-14-26(32)15-17-27/h7-18,22,28H,6,19-21H2,1-5H3,(H,33,37)/t28-/m0/s1. The summed E-state index contributed by atoms with van der Waals surface area (Å²) in [5.74, 6) is -0.502. The lowest BCUT2D eigenvalue weighted by molar-refractivity contribution is -0.140. The largest absolute Gasteiger partial charge is 0.354 e. The predicted molar refractivity (Wildman–Crippen MR) is 161 cm³/mol. The van der Waals surface area contributed by atoms with Gasteiger partial charge in [-0.1, -0.05) is 80.4 Å². The van der Waals surface area contributed by atoms with Crippen LogP contribution in [-0.4, -0.2) is 44.3 Å². The first-order chi connectivity index (χ1) is 18.9. The zero-order valence-corrected chi connectivity index (χ0v) is 25.3. The molecule has 0 saturated heterocycles. The second-order valence-electron chi connectivity index (χ2n) is 10.3. The molecule has 0 aliphatic carbocycles. The van der Waals surface area contributed by atoms with E-state index >= 15 is 0 Å². The molecule has 1 atom stereocenters. The molecule has 40 heavy (non-hydrogen) atoms. The highest BCUT2D eigenvalue weighted by Crippen LogP contribution is 2.28. The van der Waals surface area contributed by atoms with Crippen LogP contribution in [0.1, 0.15) is 43.9 Å². The summed E-state index contributed by atoms with van der Waals surface area (Å²) in [5.41, 5.74) is 2.96. The van der Waals surface area contributed by atoms with Gasteiger partial charge in [0.1, 0.15) is 12.6 Å². The number of hydrogen-bond donors (Lipinski definition) is 1. The second-order valence-corrected chi connectivity index (χ2v) is 12.6. The maximum atomic E-state index is 14.1. The molecular formula is C31H38ClN3O4S. The molecule has 0 aliphatic rings. The number of carbonyl (C=O) groups is 2. The molecule has 0 bridgehead atoms. The Labute approximate surface area is 243 Å². The summed E-state index contributed by atoms with van der Waals surface area (Å²) in [6.45, 7) is 9.76. The first-order valence-corrected chi connectivity index (χ1v) is 15.2. The summed E-state index contributed by atoms with van der Waals surface area (Å²) in [4.78, 5) is 28.9. The average molecular weight is 584 g/mol. The second kappa shape index (κ2) is 13.8. The van der Waals surface area contributed by atoms with Gasteiger partial charge in [-0.15, -0.1) is 0 Å². The highest BCUT2D eigenvalue weighted by atomic mass is 35.5. The molecule has 0 radical (unpaired) electrons. The van der Waals surface area contributed by atoms with Crippen molar-refractivity contribution in [1.82, 2.24) is 10.2 Å². The Morgan fingerprint density at radius 2 is 1.62 bits per heavy atom. The minimum Gasteiger partial charge on any atom is -0.354 e. The Morgan fingerprint density at radius 1 is 0.950 bits per heavy atom. The summed E-state index contributed by atoms with van der Waals surface area (Å²) >= 11 is 6.02. The van der Waals surface area contributed by atoms with E-state index in [4.69, 9.17) is 11.6 Å². The average Bonchev–Trinajstić information content (AvgIpc) is 2.91. The van der Waals surface area contributed by atoms with E-state index < -0.39 is 28.5 Å². The molecule has 9 heteroatoms. The van der Waals surface area contributed by atoms with Gasteiger partial charge in [0, 0.05) is 18.1 Å². The van der Waals surface area contributed by atoms with Crippen molar-refractivity contribution in [2.75, 3.05) is 17.4 Å². The van der Waals surface area contributed by atoms with Gasteiger partial charge in [-0.2, -0.15) is 0 Å². The van der Waals surface area contributed by atoms with Crippen LogP contribution in [-0.2, 0) is 26.2 Å². The number of anilines is 1. The Hall–Kier alpha value is -3.36. The summed E-state index contributed by atoms with van der Waals surface area (Å²) in [6, 6.07) is 19.8. The highest BCUT2D eigenvalue weighted by Gasteiger charge is 2.34. The first-order valence-electron chi connectivity index (χ1n) is 13.4. The molecular weight excluding hydrogens is 546 g/mol. The number of carbonyl (C=O) groups excluding carboxylic acids is 2. The van der Waals surface area contributed by atoms with Crippen LogP contribution in [0, 0.1) is 19.8 Å². The number of aryl methyl sites for hydroxylation is 2. The Morgan fingerprint density at radius 3 is 2.23 bits per heavy atom.